The molecule has 2 aliphatic heterocycles. The molecule has 2 aromatic carbocycles. The minimum Gasteiger partial charge on any atom is -0.321 e. The van der Waals surface area contributed by atoms with E-state index >= 15 is 0 Å². The lowest BCUT2D eigenvalue weighted by atomic mass is 10.1. The zero-order valence-corrected chi connectivity index (χ0v) is 11.1. The Morgan fingerprint density at radius 2 is 0.909 bits per heavy atom. The third kappa shape index (κ3) is 2.88. The van der Waals surface area contributed by atoms with E-state index in [2.05, 4.69) is 30.2 Å². The van der Waals surface area contributed by atoms with E-state index in [-0.39, 0.29) is 0 Å². The van der Waals surface area contributed by atoms with Crippen LogP contribution in [0.25, 0.3) is 11.1 Å². The highest BCUT2D eigenvalue weighted by molar-refractivity contribution is 5.68. The van der Waals surface area contributed by atoms with Crippen molar-refractivity contribution in [1.29, 1.82) is 0 Å². The molecule has 4 N–H and O–H groups in total. The molecule has 2 aliphatic rings. The fraction of sp³-hybridized carbons (Fsp3) is 0.143. The molecule has 114 valence electrons. The number of aliphatic hydroxyl groups is 2. The van der Waals surface area contributed by atoms with Crippen molar-refractivity contribution in [2.75, 3.05) is 10.6 Å². The van der Waals surface area contributed by atoms with Crippen molar-refractivity contribution >= 4 is 11.4 Å². The van der Waals surface area contributed by atoms with Gasteiger partial charge in [0.15, 0.2) is 0 Å². The Morgan fingerprint density at radius 3 is 1.18 bits per heavy atom. The van der Waals surface area contributed by atoms with Gasteiger partial charge in [-0.3, -0.25) is 0 Å². The van der Waals surface area contributed by atoms with Crippen molar-refractivity contribution in [3.63, 3.8) is 0 Å². The first-order chi connectivity index (χ1) is 10.5. The van der Waals surface area contributed by atoms with Crippen molar-refractivity contribution in [3.8, 4) is 11.1 Å². The van der Waals surface area contributed by atoms with Gasteiger partial charge >= 0.3 is 12.2 Å². The maximum absolute atomic E-state index is 9.39. The SMILES string of the molecule is OC1(Nc2ccc(-c3ccc(NC4(O)OO4)cc3)cc2)OO1. The highest BCUT2D eigenvalue weighted by Crippen LogP contribution is 2.31. The van der Waals surface area contributed by atoms with Crippen LogP contribution >= 0.6 is 0 Å². The number of benzene rings is 2. The summed E-state index contributed by atoms with van der Waals surface area (Å²) in [5.74, 6) is 0. The van der Waals surface area contributed by atoms with Crippen LogP contribution in [0, 0.1) is 0 Å². The highest BCUT2D eigenvalue weighted by Gasteiger charge is 2.48. The maximum Gasteiger partial charge on any atom is 0.426 e. The second kappa shape index (κ2) is 4.65. The summed E-state index contributed by atoms with van der Waals surface area (Å²) in [6.45, 7) is 0. The fourth-order valence-electron chi connectivity index (χ4n) is 2.02. The quantitative estimate of drug-likeness (QED) is 0.371. The summed E-state index contributed by atoms with van der Waals surface area (Å²) in [7, 11) is 0. The number of hydrogen-bond acceptors (Lipinski definition) is 8. The van der Waals surface area contributed by atoms with Crippen LogP contribution in [0.4, 0.5) is 11.4 Å². The molecule has 0 saturated carbocycles. The summed E-state index contributed by atoms with van der Waals surface area (Å²) in [6.07, 6.45) is -3.41. The molecule has 2 aromatic rings. The van der Waals surface area contributed by atoms with Crippen LogP contribution in [0.2, 0.25) is 0 Å². The van der Waals surface area contributed by atoms with E-state index in [1.807, 2.05) is 24.3 Å². The topological polar surface area (TPSA) is 115 Å². The monoisotopic (exact) mass is 304 g/mol. The third-order valence-electron chi connectivity index (χ3n) is 3.19. The van der Waals surface area contributed by atoms with Gasteiger partial charge in [-0.25, -0.2) is 0 Å². The molecular formula is C14H12N2O6. The van der Waals surface area contributed by atoms with Gasteiger partial charge in [0.25, 0.3) is 0 Å². The average Bonchev–Trinajstić information content (AvgIpc) is 3.42. The predicted molar refractivity (Wildman–Crippen MR) is 73.4 cm³/mol. The molecule has 0 aliphatic carbocycles. The summed E-state index contributed by atoms with van der Waals surface area (Å²) < 4.78 is 0. The summed E-state index contributed by atoms with van der Waals surface area (Å²) in [5, 5.41) is 24.1. The number of anilines is 2. The van der Waals surface area contributed by atoms with Crippen LogP contribution in [0.5, 0.6) is 0 Å². The van der Waals surface area contributed by atoms with E-state index in [0.717, 1.165) is 11.1 Å². The van der Waals surface area contributed by atoms with Gasteiger partial charge in [-0.1, -0.05) is 24.3 Å². The van der Waals surface area contributed by atoms with Crippen molar-refractivity contribution in [3.05, 3.63) is 48.5 Å². The summed E-state index contributed by atoms with van der Waals surface area (Å²) >= 11 is 0. The van der Waals surface area contributed by atoms with Crippen molar-refractivity contribution in [2.45, 2.75) is 12.2 Å². The molecule has 0 spiro atoms. The third-order valence-corrected chi connectivity index (χ3v) is 3.19. The lowest BCUT2D eigenvalue weighted by Gasteiger charge is -2.08. The lowest BCUT2D eigenvalue weighted by molar-refractivity contribution is 0.0599. The van der Waals surface area contributed by atoms with E-state index < -0.39 is 12.2 Å². The van der Waals surface area contributed by atoms with Crippen LogP contribution < -0.4 is 10.6 Å². The van der Waals surface area contributed by atoms with Crippen molar-refractivity contribution in [1.82, 2.24) is 0 Å². The summed E-state index contributed by atoms with van der Waals surface area (Å²) in [6, 6.07) is 14.7. The molecule has 8 heteroatoms. The predicted octanol–water partition coefficient (Wildman–Crippen LogP) is 1.31. The first kappa shape index (κ1) is 13.5. The second-order valence-corrected chi connectivity index (χ2v) is 4.90. The van der Waals surface area contributed by atoms with Gasteiger partial charge in [-0.2, -0.15) is 0 Å². The molecule has 2 fully saturated rings. The fourth-order valence-corrected chi connectivity index (χ4v) is 2.02. The molecule has 22 heavy (non-hydrogen) atoms. The van der Waals surface area contributed by atoms with Gasteiger partial charge < -0.3 is 20.8 Å². The number of hydrogen-bond donors (Lipinski definition) is 4. The molecule has 0 bridgehead atoms. The molecule has 0 amide bonds. The summed E-state index contributed by atoms with van der Waals surface area (Å²) in [5.41, 5.74) is 3.29. The van der Waals surface area contributed by atoms with Gasteiger partial charge in [0, 0.05) is 11.4 Å². The molecule has 0 radical (unpaired) electrons. The first-order valence-corrected chi connectivity index (χ1v) is 6.49. The Hall–Kier alpha value is -2.20. The summed E-state index contributed by atoms with van der Waals surface area (Å²) in [4.78, 5) is 17.5. The standard InChI is InChI=1S/C14H12N2O6/c17-13(19-20-13)15-11-5-1-9(2-6-11)10-3-7-12(8-4-10)16-14(18)21-22-14/h1-8,15-18H. The van der Waals surface area contributed by atoms with Gasteiger partial charge in [0.05, 0.1) is 0 Å². The van der Waals surface area contributed by atoms with E-state index in [4.69, 9.17) is 0 Å². The molecule has 0 unspecified atom stereocenters. The number of rotatable bonds is 5. The number of nitrogens with one attached hydrogen (secondary N) is 2. The Kier molecular flexibility index (Phi) is 2.84. The van der Waals surface area contributed by atoms with E-state index in [1.165, 1.54) is 0 Å². The van der Waals surface area contributed by atoms with Gasteiger partial charge in [0.1, 0.15) is 0 Å². The minimum absolute atomic E-state index is 0.660. The van der Waals surface area contributed by atoms with Gasteiger partial charge in [-0.05, 0) is 35.4 Å². The van der Waals surface area contributed by atoms with E-state index in [1.54, 1.807) is 24.3 Å². The van der Waals surface area contributed by atoms with E-state index in [9.17, 15) is 10.2 Å². The van der Waals surface area contributed by atoms with Crippen LogP contribution in [0.3, 0.4) is 0 Å². The Balaban J connectivity index is 1.46. The first-order valence-electron chi connectivity index (χ1n) is 6.49. The van der Waals surface area contributed by atoms with Gasteiger partial charge in [-0.15, -0.1) is 19.6 Å². The Labute approximate surface area is 124 Å². The zero-order chi connectivity index (χ0) is 15.2. The molecule has 0 aromatic heterocycles. The molecule has 8 nitrogen and oxygen atoms in total. The largest absolute Gasteiger partial charge is 0.426 e. The van der Waals surface area contributed by atoms with Crippen molar-refractivity contribution in [2.24, 2.45) is 0 Å². The molecular weight excluding hydrogens is 292 g/mol. The van der Waals surface area contributed by atoms with E-state index in [0.29, 0.717) is 11.4 Å². The maximum atomic E-state index is 9.39. The minimum atomic E-state index is -1.71. The van der Waals surface area contributed by atoms with Crippen LogP contribution in [0.1, 0.15) is 0 Å². The molecule has 4 rings (SSSR count). The molecule has 0 atom stereocenters. The second-order valence-electron chi connectivity index (χ2n) is 4.90. The molecule has 2 saturated heterocycles. The van der Waals surface area contributed by atoms with Crippen LogP contribution in [0.15, 0.2) is 48.5 Å². The Morgan fingerprint density at radius 1 is 0.591 bits per heavy atom. The van der Waals surface area contributed by atoms with Crippen LogP contribution in [-0.2, 0) is 19.6 Å². The smallest absolute Gasteiger partial charge is 0.321 e. The highest BCUT2D eigenvalue weighted by atomic mass is 17.5. The normalized spacial score (nSPS) is 20.3. The zero-order valence-electron chi connectivity index (χ0n) is 11.1. The molecule has 2 heterocycles. The van der Waals surface area contributed by atoms with Gasteiger partial charge in [0.2, 0.25) is 0 Å². The Bertz CT molecular complexity index is 618. The van der Waals surface area contributed by atoms with Crippen LogP contribution in [-0.4, -0.2) is 22.4 Å². The lowest BCUT2D eigenvalue weighted by Crippen LogP contribution is -2.21. The average molecular weight is 304 g/mol. The van der Waals surface area contributed by atoms with Crippen molar-refractivity contribution < 1.29 is 29.8 Å².